The van der Waals surface area contributed by atoms with Gasteiger partial charge in [0.1, 0.15) is 11.3 Å². The third-order valence-corrected chi connectivity index (χ3v) is 6.83. The van der Waals surface area contributed by atoms with Crippen LogP contribution in [-0.4, -0.2) is 24.3 Å². The van der Waals surface area contributed by atoms with Gasteiger partial charge in [0.25, 0.3) is 15.9 Å². The van der Waals surface area contributed by atoms with Crippen molar-refractivity contribution in [3.8, 4) is 29.0 Å². The van der Waals surface area contributed by atoms with Crippen molar-refractivity contribution in [2.24, 2.45) is 0 Å². The number of carbonyl (C=O) groups excluding carboxylic acids is 1. The Bertz CT molecular complexity index is 1590. The second-order valence-corrected chi connectivity index (χ2v) is 10.1. The summed E-state index contributed by atoms with van der Waals surface area (Å²) in [6, 6.07) is 20.8. The van der Waals surface area contributed by atoms with Gasteiger partial charge >= 0.3 is 0 Å². The molecule has 0 saturated carbocycles. The molecular formula is C28H24N4O4S. The minimum absolute atomic E-state index is 0.0395. The lowest BCUT2D eigenvalue weighted by atomic mass is 10.1. The third kappa shape index (κ3) is 5.82. The maximum Gasteiger partial charge on any atom is 0.281 e. The predicted molar refractivity (Wildman–Crippen MR) is 139 cm³/mol. The molecule has 4 rings (SSSR count). The number of aromatic nitrogens is 2. The molecule has 1 N–H and O–H groups in total. The number of ether oxygens (including phenoxy) is 1. The standard InChI is InChI=1S/C28H24N4O4S/c1-18-16-19(2)26(20(3)17-18)36-28-23(27(33)32-37(34,35)25-6-4-5-15-30-25)11-12-24(31-28)22-9-7-21(8-10-22)13-14-29/h4-12,15-17H,13H2,1-3H3,(H,32,33). The summed E-state index contributed by atoms with van der Waals surface area (Å²) in [4.78, 5) is 21.6. The zero-order valence-corrected chi connectivity index (χ0v) is 21.3. The summed E-state index contributed by atoms with van der Waals surface area (Å²) in [5, 5.41) is 8.64. The topological polar surface area (TPSA) is 122 Å². The number of sulfonamides is 1. The van der Waals surface area contributed by atoms with Crippen LogP contribution in [0.3, 0.4) is 0 Å². The van der Waals surface area contributed by atoms with Crippen molar-refractivity contribution in [3.05, 3.63) is 101 Å². The number of aryl methyl sites for hydroxylation is 3. The Labute approximate surface area is 215 Å². The smallest absolute Gasteiger partial charge is 0.281 e. The lowest BCUT2D eigenvalue weighted by Crippen LogP contribution is -2.31. The van der Waals surface area contributed by atoms with Gasteiger partial charge in [0.2, 0.25) is 5.88 Å². The van der Waals surface area contributed by atoms with Crippen LogP contribution in [-0.2, 0) is 16.4 Å². The Balaban J connectivity index is 1.76. The van der Waals surface area contributed by atoms with Gasteiger partial charge in [-0.05, 0) is 61.7 Å². The summed E-state index contributed by atoms with van der Waals surface area (Å²) in [5.41, 5.74) is 4.83. The van der Waals surface area contributed by atoms with Crippen molar-refractivity contribution in [2.45, 2.75) is 32.2 Å². The number of hydrogen-bond acceptors (Lipinski definition) is 7. The molecule has 2 heterocycles. The fourth-order valence-electron chi connectivity index (χ4n) is 3.90. The number of carbonyl (C=O) groups is 1. The van der Waals surface area contributed by atoms with E-state index >= 15 is 0 Å². The van der Waals surface area contributed by atoms with Gasteiger partial charge in [0.15, 0.2) is 5.03 Å². The molecule has 0 fully saturated rings. The van der Waals surface area contributed by atoms with Crippen molar-refractivity contribution >= 4 is 15.9 Å². The zero-order chi connectivity index (χ0) is 26.6. The number of hydrogen-bond donors (Lipinski definition) is 1. The van der Waals surface area contributed by atoms with Crippen molar-refractivity contribution in [2.75, 3.05) is 0 Å². The number of nitrogens with one attached hydrogen (secondary N) is 1. The molecule has 37 heavy (non-hydrogen) atoms. The number of benzene rings is 2. The van der Waals surface area contributed by atoms with Crippen molar-refractivity contribution in [1.29, 1.82) is 5.26 Å². The first-order valence-electron chi connectivity index (χ1n) is 11.4. The van der Waals surface area contributed by atoms with Crippen LogP contribution in [0.25, 0.3) is 11.3 Å². The third-order valence-electron chi connectivity index (χ3n) is 5.58. The molecule has 8 nitrogen and oxygen atoms in total. The van der Waals surface area contributed by atoms with Gasteiger partial charge in [-0.3, -0.25) is 4.79 Å². The molecule has 0 radical (unpaired) electrons. The van der Waals surface area contributed by atoms with E-state index in [4.69, 9.17) is 10.00 Å². The van der Waals surface area contributed by atoms with Crippen LogP contribution >= 0.6 is 0 Å². The minimum atomic E-state index is -4.21. The highest BCUT2D eigenvalue weighted by molar-refractivity contribution is 7.90. The minimum Gasteiger partial charge on any atom is -0.438 e. The second-order valence-electron chi connectivity index (χ2n) is 8.51. The Hall–Kier alpha value is -4.55. The molecule has 2 aromatic carbocycles. The summed E-state index contributed by atoms with van der Waals surface area (Å²) in [7, 11) is -4.21. The highest BCUT2D eigenvalue weighted by Gasteiger charge is 2.24. The number of nitriles is 1. The molecule has 0 aliphatic rings. The maximum absolute atomic E-state index is 13.2. The number of amides is 1. The Morgan fingerprint density at radius 3 is 2.32 bits per heavy atom. The van der Waals surface area contributed by atoms with Gasteiger partial charge in [0.05, 0.1) is 18.2 Å². The van der Waals surface area contributed by atoms with Crippen LogP contribution in [0.4, 0.5) is 0 Å². The molecule has 9 heteroatoms. The first kappa shape index (κ1) is 25.5. The van der Waals surface area contributed by atoms with E-state index in [0.29, 0.717) is 11.4 Å². The van der Waals surface area contributed by atoms with Crippen LogP contribution < -0.4 is 9.46 Å². The average molecular weight is 513 g/mol. The van der Waals surface area contributed by atoms with Gasteiger partial charge in [-0.15, -0.1) is 0 Å². The van der Waals surface area contributed by atoms with E-state index in [-0.39, 0.29) is 22.9 Å². The molecule has 0 aliphatic heterocycles. The summed E-state index contributed by atoms with van der Waals surface area (Å²) in [6.07, 6.45) is 1.62. The quantitative estimate of drug-likeness (QED) is 0.368. The van der Waals surface area contributed by atoms with Gasteiger partial charge in [-0.2, -0.15) is 13.7 Å². The Kier molecular flexibility index (Phi) is 7.32. The van der Waals surface area contributed by atoms with Crippen LogP contribution in [0.15, 0.2) is 78.0 Å². The lowest BCUT2D eigenvalue weighted by molar-refractivity contribution is 0.0978. The van der Waals surface area contributed by atoms with Crippen molar-refractivity contribution < 1.29 is 17.9 Å². The molecule has 0 saturated heterocycles. The van der Waals surface area contributed by atoms with Gasteiger partial charge < -0.3 is 4.74 Å². The number of nitrogens with zero attached hydrogens (tertiary/aromatic N) is 3. The van der Waals surface area contributed by atoms with E-state index in [1.165, 1.54) is 24.4 Å². The lowest BCUT2D eigenvalue weighted by Gasteiger charge is -2.16. The highest BCUT2D eigenvalue weighted by Crippen LogP contribution is 2.32. The summed E-state index contributed by atoms with van der Waals surface area (Å²) >= 11 is 0. The summed E-state index contributed by atoms with van der Waals surface area (Å²) in [6.45, 7) is 5.75. The molecule has 186 valence electrons. The van der Waals surface area contributed by atoms with Gasteiger partial charge in [-0.25, -0.2) is 14.7 Å². The summed E-state index contributed by atoms with van der Waals surface area (Å²) < 4.78 is 33.7. The number of rotatable bonds is 7. The maximum atomic E-state index is 13.2. The van der Waals surface area contributed by atoms with E-state index in [1.807, 2.05) is 57.2 Å². The first-order valence-corrected chi connectivity index (χ1v) is 12.9. The molecule has 0 unspecified atom stereocenters. The van der Waals surface area contributed by atoms with E-state index in [0.717, 1.165) is 27.8 Å². The van der Waals surface area contributed by atoms with E-state index in [1.54, 1.807) is 12.1 Å². The van der Waals surface area contributed by atoms with E-state index in [9.17, 15) is 13.2 Å². The van der Waals surface area contributed by atoms with Crippen molar-refractivity contribution in [3.63, 3.8) is 0 Å². The van der Waals surface area contributed by atoms with Gasteiger partial charge in [-0.1, -0.05) is 48.0 Å². The van der Waals surface area contributed by atoms with Crippen molar-refractivity contribution in [1.82, 2.24) is 14.7 Å². The van der Waals surface area contributed by atoms with Crippen LogP contribution in [0.1, 0.15) is 32.6 Å². The predicted octanol–water partition coefficient (Wildman–Crippen LogP) is 5.05. The molecular weight excluding hydrogens is 488 g/mol. The SMILES string of the molecule is Cc1cc(C)c(Oc2nc(-c3ccc(CC#N)cc3)ccc2C(=O)NS(=O)(=O)c2ccccn2)c(C)c1. The summed E-state index contributed by atoms with van der Waals surface area (Å²) in [5.74, 6) is -0.407. The molecule has 0 bridgehead atoms. The molecule has 0 spiro atoms. The molecule has 4 aromatic rings. The van der Waals surface area contributed by atoms with E-state index < -0.39 is 15.9 Å². The monoisotopic (exact) mass is 512 g/mol. The van der Waals surface area contributed by atoms with Gasteiger partial charge in [0, 0.05) is 11.8 Å². The fourth-order valence-corrected chi connectivity index (χ4v) is 4.81. The zero-order valence-electron chi connectivity index (χ0n) is 20.5. The second kappa shape index (κ2) is 10.6. The van der Waals surface area contributed by atoms with Crippen LogP contribution in [0.2, 0.25) is 0 Å². The Morgan fingerprint density at radius 1 is 1.00 bits per heavy atom. The molecule has 0 aliphatic carbocycles. The molecule has 2 aromatic heterocycles. The Morgan fingerprint density at radius 2 is 1.70 bits per heavy atom. The molecule has 1 amide bonds. The van der Waals surface area contributed by atoms with Crippen LogP contribution in [0.5, 0.6) is 11.6 Å². The number of pyridine rings is 2. The molecule has 0 atom stereocenters. The first-order chi connectivity index (χ1) is 17.7. The van der Waals surface area contributed by atoms with E-state index in [2.05, 4.69) is 20.8 Å². The van der Waals surface area contributed by atoms with Crippen LogP contribution in [0, 0.1) is 32.1 Å². The fraction of sp³-hybridized carbons (Fsp3) is 0.143. The largest absolute Gasteiger partial charge is 0.438 e. The normalized spacial score (nSPS) is 11.0. The highest BCUT2D eigenvalue weighted by atomic mass is 32.2. The average Bonchev–Trinajstić information content (AvgIpc) is 2.87.